The molecule has 0 atom stereocenters. The fourth-order valence-corrected chi connectivity index (χ4v) is 11.6. The Balaban J connectivity index is 1.26. The Kier molecular flexibility index (Phi) is 12.7. The Bertz CT molecular complexity index is 3440. The maximum absolute atomic E-state index is 14.2. The number of benzene rings is 5. The van der Waals surface area contributed by atoms with Crippen molar-refractivity contribution in [2.45, 2.75) is 48.8 Å². The van der Waals surface area contributed by atoms with Crippen molar-refractivity contribution in [2.24, 2.45) is 10.2 Å². The Morgan fingerprint density at radius 2 is 1.42 bits per heavy atom. The SMILES string of the molecule is CCC(=O)Nc1cc(N=Nc2snc3ccsc23)c2c(NS(=O)(=O)c3cccc(S(=O)(=O)Nc4ccc(OC)c(S(=O)(=O)Nc5cc(C)c(C)cc5O)c4)c3)ccc(NC(C)=O)c2c1O. The number of aromatic hydroxyl groups is 2. The zero-order valence-electron chi connectivity index (χ0n) is 34.7. The maximum Gasteiger partial charge on any atom is 0.265 e. The first-order valence-electron chi connectivity index (χ1n) is 19.0. The van der Waals surface area contributed by atoms with Crippen LogP contribution in [0.1, 0.15) is 31.4 Å². The minimum atomic E-state index is -4.70. The molecule has 2 heterocycles. The predicted molar refractivity (Wildman–Crippen MR) is 250 cm³/mol. The number of nitrogens with one attached hydrogen (secondary N) is 5. The zero-order chi connectivity index (χ0) is 47.0. The van der Waals surface area contributed by atoms with Crippen LogP contribution in [0.2, 0.25) is 0 Å². The predicted octanol–water partition coefficient (Wildman–Crippen LogP) is 8.67. The molecule has 0 saturated heterocycles. The van der Waals surface area contributed by atoms with Crippen LogP contribution < -0.4 is 29.5 Å². The molecule has 19 nitrogen and oxygen atoms in total. The number of thiophene rings is 1. The van der Waals surface area contributed by atoms with Gasteiger partial charge in [0.15, 0.2) is 5.00 Å². The average Bonchev–Trinajstić information content (AvgIpc) is 3.88. The van der Waals surface area contributed by atoms with Crippen LogP contribution in [0.3, 0.4) is 0 Å². The van der Waals surface area contributed by atoms with Crippen molar-refractivity contribution in [1.82, 2.24) is 4.37 Å². The summed E-state index contributed by atoms with van der Waals surface area (Å²) in [7, 11) is -12.6. The van der Waals surface area contributed by atoms with Gasteiger partial charge in [0.1, 0.15) is 22.1 Å². The highest BCUT2D eigenvalue weighted by Gasteiger charge is 2.27. The minimum Gasteiger partial charge on any atom is -0.506 e. The molecule has 0 radical (unpaired) electrons. The van der Waals surface area contributed by atoms with Gasteiger partial charge >= 0.3 is 0 Å². The molecule has 0 unspecified atom stereocenters. The summed E-state index contributed by atoms with van der Waals surface area (Å²) in [6, 6.07) is 16.3. The number of phenolic OH excluding ortho intramolecular Hbond substituents is 2. The summed E-state index contributed by atoms with van der Waals surface area (Å²) in [5.41, 5.74) is 1.42. The second kappa shape index (κ2) is 18.0. The van der Waals surface area contributed by atoms with Crippen molar-refractivity contribution in [3.63, 3.8) is 0 Å². The molecule has 24 heteroatoms. The normalized spacial score (nSPS) is 12.1. The summed E-state index contributed by atoms with van der Waals surface area (Å²) in [5.74, 6) is -2.03. The van der Waals surface area contributed by atoms with Crippen LogP contribution in [-0.4, -0.2) is 58.8 Å². The van der Waals surface area contributed by atoms with E-state index in [9.17, 15) is 45.1 Å². The molecule has 7 rings (SSSR count). The van der Waals surface area contributed by atoms with E-state index in [0.29, 0.717) is 21.6 Å². The summed E-state index contributed by atoms with van der Waals surface area (Å²) in [6.07, 6.45) is 0.0369. The highest BCUT2D eigenvalue weighted by Crippen LogP contribution is 2.48. The van der Waals surface area contributed by atoms with E-state index < -0.39 is 62.3 Å². The lowest BCUT2D eigenvalue weighted by atomic mass is 10.0. The van der Waals surface area contributed by atoms with Gasteiger partial charge in [-0.05, 0) is 115 Å². The molecule has 7 aromatic rings. The van der Waals surface area contributed by atoms with Gasteiger partial charge in [0, 0.05) is 18.7 Å². The lowest BCUT2D eigenvalue weighted by molar-refractivity contribution is -0.116. The number of fused-ring (bicyclic) bond motifs is 2. The quantitative estimate of drug-likeness (QED) is 0.0375. The first-order valence-corrected chi connectivity index (χ1v) is 25.1. The van der Waals surface area contributed by atoms with Crippen molar-refractivity contribution in [1.29, 1.82) is 0 Å². The summed E-state index contributed by atoms with van der Waals surface area (Å²) >= 11 is 2.43. The second-order valence-corrected chi connectivity index (χ2v) is 20.9. The van der Waals surface area contributed by atoms with Crippen molar-refractivity contribution in [3.8, 4) is 17.2 Å². The molecular weight excluding hydrogens is 941 g/mol. The van der Waals surface area contributed by atoms with Crippen LogP contribution in [0.15, 0.2) is 109 Å². The fraction of sp³-hybridized carbons (Fsp3) is 0.146. The molecule has 2 amide bonds. The molecule has 0 aliphatic rings. The summed E-state index contributed by atoms with van der Waals surface area (Å²) in [4.78, 5) is 23.4. The first-order chi connectivity index (χ1) is 30.7. The van der Waals surface area contributed by atoms with Crippen molar-refractivity contribution in [3.05, 3.63) is 95.4 Å². The molecule has 65 heavy (non-hydrogen) atoms. The summed E-state index contributed by atoms with van der Waals surface area (Å²) < 4.78 is 101. The van der Waals surface area contributed by atoms with Crippen LogP contribution in [-0.2, 0) is 39.7 Å². The molecule has 5 aromatic carbocycles. The van der Waals surface area contributed by atoms with Crippen molar-refractivity contribution < 1.29 is 49.8 Å². The number of aromatic nitrogens is 1. The third-order valence-corrected chi connectivity index (χ3v) is 15.6. The average molecular weight is 979 g/mol. The lowest BCUT2D eigenvalue weighted by Gasteiger charge is -2.18. The monoisotopic (exact) mass is 978 g/mol. The van der Waals surface area contributed by atoms with Gasteiger partial charge in [-0.25, -0.2) is 25.3 Å². The topological polar surface area (TPSA) is 284 Å². The Hall–Kier alpha value is -6.86. The third kappa shape index (κ3) is 9.66. The number of azo groups is 1. The molecule has 2 aromatic heterocycles. The zero-order valence-corrected chi connectivity index (χ0v) is 38.8. The number of phenols is 2. The highest BCUT2D eigenvalue weighted by molar-refractivity contribution is 7.93. The molecule has 0 saturated carbocycles. The maximum atomic E-state index is 14.2. The van der Waals surface area contributed by atoms with Crippen LogP contribution in [0.5, 0.6) is 17.2 Å². The highest BCUT2D eigenvalue weighted by atomic mass is 32.2. The van der Waals surface area contributed by atoms with Crippen LogP contribution in [0.25, 0.3) is 21.0 Å². The molecular formula is C41H38N8O11S5. The van der Waals surface area contributed by atoms with E-state index in [-0.39, 0.29) is 62.8 Å². The van der Waals surface area contributed by atoms with Crippen LogP contribution in [0.4, 0.5) is 39.1 Å². The number of hydrogen-bond donors (Lipinski definition) is 7. The van der Waals surface area contributed by atoms with Crippen LogP contribution in [0, 0.1) is 13.8 Å². The number of methoxy groups -OCH3 is 1. The molecule has 0 fully saturated rings. The number of anilines is 5. The number of aryl methyl sites for hydroxylation is 2. The Labute approximate surface area is 380 Å². The molecule has 0 aliphatic carbocycles. The standard InChI is InChI=1S/C41H38N8O11S5/c1-6-36(52)43-32-20-31(44-45-41-40-29(46-62-41)14-15-61-40)37-28(12-11-27(42-23(4)50)38(37)39(32)53)48-64(56,57)26-9-7-8-25(19-26)63(54,55)47-24-10-13-34(60-5)35(18-24)65(58,59)49-30-16-21(2)22(3)17-33(30)51/h7-20,47-49,51,53H,6H2,1-5H3,(H,42,50)(H,43,52). The van der Waals surface area contributed by atoms with E-state index in [2.05, 4.69) is 39.4 Å². The van der Waals surface area contributed by atoms with E-state index in [4.69, 9.17) is 4.74 Å². The van der Waals surface area contributed by atoms with E-state index in [1.807, 2.05) is 5.38 Å². The Morgan fingerprint density at radius 1 is 0.738 bits per heavy atom. The largest absolute Gasteiger partial charge is 0.506 e. The van der Waals surface area contributed by atoms with E-state index in [1.54, 1.807) is 26.8 Å². The van der Waals surface area contributed by atoms with Gasteiger partial charge in [-0.1, -0.05) is 13.0 Å². The smallest absolute Gasteiger partial charge is 0.265 e. The van der Waals surface area contributed by atoms with Gasteiger partial charge in [-0.3, -0.25) is 23.8 Å². The Morgan fingerprint density at radius 3 is 2.11 bits per heavy atom. The molecule has 0 bridgehead atoms. The number of amides is 2. The fourth-order valence-electron chi connectivity index (χ4n) is 6.41. The van der Waals surface area contributed by atoms with E-state index >= 15 is 0 Å². The van der Waals surface area contributed by atoms with E-state index in [0.717, 1.165) is 40.5 Å². The first kappa shape index (κ1) is 46.1. The summed E-state index contributed by atoms with van der Waals surface area (Å²) in [5, 5.41) is 38.1. The van der Waals surface area contributed by atoms with Crippen LogP contribution >= 0.6 is 22.9 Å². The van der Waals surface area contributed by atoms with Gasteiger partial charge < -0.3 is 25.6 Å². The molecule has 7 N–H and O–H groups in total. The number of sulfonamides is 3. The number of carbonyl (C=O) groups is 2. The second-order valence-electron chi connectivity index (χ2n) is 14.2. The third-order valence-electron chi connectivity index (χ3n) is 9.69. The van der Waals surface area contributed by atoms with Gasteiger partial charge in [-0.15, -0.1) is 21.6 Å². The van der Waals surface area contributed by atoms with Crippen molar-refractivity contribution >= 4 is 125 Å². The number of carbonyl (C=O) groups excluding carboxylic acids is 2. The van der Waals surface area contributed by atoms with Gasteiger partial charge in [0.2, 0.25) is 11.8 Å². The van der Waals surface area contributed by atoms with E-state index in [1.165, 1.54) is 73.9 Å². The molecule has 0 spiro atoms. The minimum absolute atomic E-state index is 0.0308. The number of rotatable bonds is 15. The van der Waals surface area contributed by atoms with Crippen molar-refractivity contribution in [2.75, 3.05) is 31.9 Å². The van der Waals surface area contributed by atoms with Gasteiger partial charge in [0.25, 0.3) is 30.1 Å². The molecule has 338 valence electrons. The van der Waals surface area contributed by atoms with Gasteiger partial charge in [-0.2, -0.15) is 4.37 Å². The summed E-state index contributed by atoms with van der Waals surface area (Å²) in [6.45, 7) is 6.28. The number of nitrogens with zero attached hydrogens (tertiary/aromatic N) is 3. The number of ether oxygens (including phenoxy) is 1. The lowest BCUT2D eigenvalue weighted by Crippen LogP contribution is -2.18. The number of hydrogen-bond acceptors (Lipinski definition) is 16. The van der Waals surface area contributed by atoms with Gasteiger partial charge in [0.05, 0.1) is 66.6 Å². The molecule has 0 aliphatic heterocycles.